The van der Waals surface area contributed by atoms with Crippen molar-refractivity contribution in [1.29, 1.82) is 0 Å². The van der Waals surface area contributed by atoms with E-state index in [1.54, 1.807) is 19.4 Å². The summed E-state index contributed by atoms with van der Waals surface area (Å²) in [6.07, 6.45) is 10.4. The van der Waals surface area contributed by atoms with Crippen LogP contribution in [0.15, 0.2) is 66.4 Å². The quantitative estimate of drug-likeness (QED) is 0.369. The van der Waals surface area contributed by atoms with Gasteiger partial charge in [0.25, 0.3) is 0 Å². The largest absolute Gasteiger partial charge is 0.356 e. The van der Waals surface area contributed by atoms with Gasteiger partial charge in [-0.1, -0.05) is 24.3 Å². The van der Waals surface area contributed by atoms with Crippen LogP contribution in [-0.2, 0) is 19.6 Å². The smallest absolute Gasteiger partial charge is 0.191 e. The second-order valence-corrected chi connectivity index (χ2v) is 5.98. The summed E-state index contributed by atoms with van der Waals surface area (Å²) in [4.78, 5) is 8.35. The van der Waals surface area contributed by atoms with Crippen LogP contribution in [-0.4, -0.2) is 38.9 Å². The maximum Gasteiger partial charge on any atom is 0.191 e. The molecule has 2 N–H and O–H groups in total. The molecule has 7 nitrogen and oxygen atoms in total. The van der Waals surface area contributed by atoms with Gasteiger partial charge in [0.15, 0.2) is 5.96 Å². The molecule has 2 heterocycles. The number of nitrogens with one attached hydrogen (secondary N) is 2. The van der Waals surface area contributed by atoms with Gasteiger partial charge in [0.1, 0.15) is 0 Å². The van der Waals surface area contributed by atoms with E-state index in [2.05, 4.69) is 54.5 Å². The number of nitrogens with zero attached hydrogens (tertiary/aromatic N) is 5. The van der Waals surface area contributed by atoms with E-state index >= 15 is 0 Å². The average Bonchev–Trinajstić information content (AvgIpc) is 3.36. The Morgan fingerprint density at radius 1 is 1.08 bits per heavy atom. The van der Waals surface area contributed by atoms with Crippen LogP contribution < -0.4 is 10.6 Å². The fourth-order valence-electron chi connectivity index (χ4n) is 2.74. The Balaban J connectivity index is 1.47. The number of hydrogen-bond acceptors (Lipinski definition) is 3. The number of aromatic nitrogens is 4. The molecule has 3 aromatic rings. The minimum Gasteiger partial charge on any atom is -0.356 e. The van der Waals surface area contributed by atoms with E-state index in [4.69, 9.17) is 0 Å². The second kappa shape index (κ2) is 9.41. The molecule has 3 rings (SSSR count). The predicted molar refractivity (Wildman–Crippen MR) is 103 cm³/mol. The molecule has 0 amide bonds. The summed E-state index contributed by atoms with van der Waals surface area (Å²) in [6.45, 7) is 3.28. The van der Waals surface area contributed by atoms with Crippen LogP contribution in [0.5, 0.6) is 0 Å². The predicted octanol–water partition coefficient (Wildman–Crippen LogP) is 1.88. The lowest BCUT2D eigenvalue weighted by molar-refractivity contribution is 0.624. The molecular weight excluding hydrogens is 326 g/mol. The third kappa shape index (κ3) is 5.20. The number of benzene rings is 1. The summed E-state index contributed by atoms with van der Waals surface area (Å²) < 4.78 is 4.01. The van der Waals surface area contributed by atoms with E-state index < -0.39 is 0 Å². The highest BCUT2D eigenvalue weighted by atomic mass is 15.3. The average molecular weight is 351 g/mol. The maximum absolute atomic E-state index is 4.30. The summed E-state index contributed by atoms with van der Waals surface area (Å²) in [6, 6.07) is 10.3. The molecule has 0 saturated carbocycles. The third-order valence-electron chi connectivity index (χ3n) is 4.12. The van der Waals surface area contributed by atoms with Crippen molar-refractivity contribution in [2.24, 2.45) is 4.99 Å². The Hall–Kier alpha value is -3.09. The SMILES string of the molecule is CN=C(NCCCn1ccnc1)NCc1ccccc1Cn1cccn1. The number of aliphatic imine (C=N–C) groups is 1. The van der Waals surface area contributed by atoms with Crippen LogP contribution in [0.1, 0.15) is 17.5 Å². The Labute approximate surface area is 153 Å². The zero-order chi connectivity index (χ0) is 18.0. The molecule has 0 aliphatic carbocycles. The molecule has 2 aromatic heterocycles. The molecule has 0 bridgehead atoms. The summed E-state index contributed by atoms with van der Waals surface area (Å²) in [5, 5.41) is 11.0. The van der Waals surface area contributed by atoms with E-state index in [-0.39, 0.29) is 0 Å². The topological polar surface area (TPSA) is 72.1 Å². The lowest BCUT2D eigenvalue weighted by Gasteiger charge is -2.14. The Kier molecular flexibility index (Phi) is 6.41. The van der Waals surface area contributed by atoms with Crippen molar-refractivity contribution in [1.82, 2.24) is 30.0 Å². The maximum atomic E-state index is 4.30. The van der Waals surface area contributed by atoms with Crippen molar-refractivity contribution >= 4 is 5.96 Å². The first-order chi connectivity index (χ1) is 12.8. The molecule has 0 spiro atoms. The van der Waals surface area contributed by atoms with Gasteiger partial charge in [-0.25, -0.2) is 4.98 Å². The van der Waals surface area contributed by atoms with Gasteiger partial charge in [0, 0.05) is 51.5 Å². The highest BCUT2D eigenvalue weighted by molar-refractivity contribution is 5.79. The standard InChI is InChI=1S/C19H25N7/c1-20-19(22-8-4-11-25-13-10-21-16-25)23-14-17-6-2-3-7-18(17)15-26-12-5-9-24-26/h2-3,5-7,9-10,12-13,16H,4,8,11,14-15H2,1H3,(H2,20,22,23). The second-order valence-electron chi connectivity index (χ2n) is 5.98. The molecule has 0 atom stereocenters. The number of aryl methyl sites for hydroxylation is 1. The van der Waals surface area contributed by atoms with Crippen LogP contribution >= 0.6 is 0 Å². The van der Waals surface area contributed by atoms with Gasteiger partial charge >= 0.3 is 0 Å². The number of hydrogen-bond donors (Lipinski definition) is 2. The molecule has 0 fully saturated rings. The van der Waals surface area contributed by atoms with Crippen molar-refractivity contribution in [3.63, 3.8) is 0 Å². The van der Waals surface area contributed by atoms with Gasteiger partial charge in [-0.15, -0.1) is 0 Å². The zero-order valence-electron chi connectivity index (χ0n) is 15.0. The van der Waals surface area contributed by atoms with Crippen LogP contribution in [0.4, 0.5) is 0 Å². The Morgan fingerprint density at radius 3 is 2.69 bits per heavy atom. The van der Waals surface area contributed by atoms with E-state index in [9.17, 15) is 0 Å². The molecule has 136 valence electrons. The van der Waals surface area contributed by atoms with Crippen molar-refractivity contribution in [2.45, 2.75) is 26.1 Å². The van der Waals surface area contributed by atoms with Crippen LogP contribution in [0, 0.1) is 0 Å². The molecule has 7 heteroatoms. The minimum absolute atomic E-state index is 0.721. The molecule has 1 aromatic carbocycles. The van der Waals surface area contributed by atoms with Crippen molar-refractivity contribution in [2.75, 3.05) is 13.6 Å². The number of imidazole rings is 1. The van der Waals surface area contributed by atoms with Crippen molar-refractivity contribution in [3.8, 4) is 0 Å². The Bertz CT molecular complexity index is 791. The van der Waals surface area contributed by atoms with Gasteiger partial charge in [-0.2, -0.15) is 5.10 Å². The third-order valence-corrected chi connectivity index (χ3v) is 4.12. The molecule has 0 aliphatic rings. The summed E-state index contributed by atoms with van der Waals surface area (Å²) in [5.41, 5.74) is 2.49. The van der Waals surface area contributed by atoms with Crippen LogP contribution in [0.25, 0.3) is 0 Å². The van der Waals surface area contributed by atoms with Gasteiger partial charge in [0.2, 0.25) is 0 Å². The molecular formula is C19H25N7. The highest BCUT2D eigenvalue weighted by Crippen LogP contribution is 2.10. The van der Waals surface area contributed by atoms with E-state index in [0.29, 0.717) is 0 Å². The monoisotopic (exact) mass is 351 g/mol. The number of guanidine groups is 1. The summed E-state index contributed by atoms with van der Waals surface area (Å²) >= 11 is 0. The molecule has 0 saturated heterocycles. The zero-order valence-corrected chi connectivity index (χ0v) is 15.0. The lowest BCUT2D eigenvalue weighted by atomic mass is 10.1. The Morgan fingerprint density at radius 2 is 1.96 bits per heavy atom. The minimum atomic E-state index is 0.721. The van der Waals surface area contributed by atoms with Crippen molar-refractivity contribution < 1.29 is 0 Å². The normalized spacial score (nSPS) is 11.5. The molecule has 0 unspecified atom stereocenters. The van der Waals surface area contributed by atoms with E-state index in [0.717, 1.165) is 38.6 Å². The van der Waals surface area contributed by atoms with Crippen LogP contribution in [0.3, 0.4) is 0 Å². The van der Waals surface area contributed by atoms with Crippen molar-refractivity contribution in [3.05, 3.63) is 72.6 Å². The van der Waals surface area contributed by atoms with E-state index in [1.807, 2.05) is 29.5 Å². The first-order valence-electron chi connectivity index (χ1n) is 8.79. The van der Waals surface area contributed by atoms with Crippen LogP contribution in [0.2, 0.25) is 0 Å². The number of rotatable bonds is 8. The lowest BCUT2D eigenvalue weighted by Crippen LogP contribution is -2.37. The van der Waals surface area contributed by atoms with Gasteiger partial charge in [-0.3, -0.25) is 9.67 Å². The highest BCUT2D eigenvalue weighted by Gasteiger charge is 2.04. The summed E-state index contributed by atoms with van der Waals surface area (Å²) in [5.74, 6) is 0.810. The first-order valence-corrected chi connectivity index (χ1v) is 8.79. The fourth-order valence-corrected chi connectivity index (χ4v) is 2.74. The van der Waals surface area contributed by atoms with Gasteiger partial charge in [-0.05, 0) is 23.6 Å². The van der Waals surface area contributed by atoms with E-state index in [1.165, 1.54) is 11.1 Å². The van der Waals surface area contributed by atoms with Gasteiger partial charge in [0.05, 0.1) is 12.9 Å². The molecule has 0 aliphatic heterocycles. The summed E-state index contributed by atoms with van der Waals surface area (Å²) in [7, 11) is 1.79. The molecule has 0 radical (unpaired) electrons. The fraction of sp³-hybridized carbons (Fsp3) is 0.316. The first kappa shape index (κ1) is 17.7. The van der Waals surface area contributed by atoms with Gasteiger partial charge < -0.3 is 15.2 Å². The molecule has 26 heavy (non-hydrogen) atoms.